The van der Waals surface area contributed by atoms with Crippen LogP contribution in [0.5, 0.6) is 5.75 Å². The van der Waals surface area contributed by atoms with Crippen molar-refractivity contribution in [3.05, 3.63) is 34.9 Å². The minimum Gasteiger partial charge on any atom is -0.496 e. The van der Waals surface area contributed by atoms with Gasteiger partial charge in [0.05, 0.1) is 19.0 Å². The smallest absolute Gasteiger partial charge is 0.265 e. The van der Waals surface area contributed by atoms with Crippen molar-refractivity contribution in [2.45, 2.75) is 25.8 Å². The van der Waals surface area contributed by atoms with E-state index in [0.29, 0.717) is 16.7 Å². The van der Waals surface area contributed by atoms with Crippen molar-refractivity contribution in [1.29, 1.82) is 0 Å². The van der Waals surface area contributed by atoms with Gasteiger partial charge in [0.25, 0.3) is 5.56 Å². The van der Waals surface area contributed by atoms with E-state index >= 15 is 0 Å². The molecule has 2 aromatic rings. The first-order valence-electron chi connectivity index (χ1n) is 7.47. The Morgan fingerprint density at radius 3 is 2.81 bits per heavy atom. The molecule has 5 heteroatoms. The SMILES string of the molecule is COc1cccc2ncn([C@@H](C)CN3CCCC3)c(=O)c12. The fourth-order valence-corrected chi connectivity index (χ4v) is 3.06. The summed E-state index contributed by atoms with van der Waals surface area (Å²) in [7, 11) is 1.58. The van der Waals surface area contributed by atoms with Crippen molar-refractivity contribution in [1.82, 2.24) is 14.5 Å². The summed E-state index contributed by atoms with van der Waals surface area (Å²) in [5.74, 6) is 0.590. The maximum Gasteiger partial charge on any atom is 0.265 e. The van der Waals surface area contributed by atoms with Crippen molar-refractivity contribution in [2.24, 2.45) is 0 Å². The molecule has 0 spiro atoms. The number of benzene rings is 1. The highest BCUT2D eigenvalue weighted by Crippen LogP contribution is 2.21. The van der Waals surface area contributed by atoms with Crippen LogP contribution in [0.3, 0.4) is 0 Å². The number of fused-ring (bicyclic) bond motifs is 1. The first-order valence-corrected chi connectivity index (χ1v) is 7.47. The molecule has 1 saturated heterocycles. The van der Waals surface area contributed by atoms with Crippen LogP contribution in [-0.4, -0.2) is 41.2 Å². The summed E-state index contributed by atoms with van der Waals surface area (Å²) in [5.41, 5.74) is 0.660. The van der Waals surface area contributed by atoms with Gasteiger partial charge in [-0.05, 0) is 45.0 Å². The quantitative estimate of drug-likeness (QED) is 0.863. The van der Waals surface area contributed by atoms with E-state index in [-0.39, 0.29) is 11.6 Å². The lowest BCUT2D eigenvalue weighted by molar-refractivity contribution is 0.284. The number of hydrogen-bond donors (Lipinski definition) is 0. The van der Waals surface area contributed by atoms with Gasteiger partial charge in [-0.2, -0.15) is 0 Å². The maximum absolute atomic E-state index is 12.7. The Morgan fingerprint density at radius 1 is 1.33 bits per heavy atom. The molecule has 3 rings (SSSR count). The lowest BCUT2D eigenvalue weighted by atomic mass is 10.2. The van der Waals surface area contributed by atoms with Gasteiger partial charge in [0.15, 0.2) is 0 Å². The monoisotopic (exact) mass is 287 g/mol. The molecule has 0 unspecified atom stereocenters. The fraction of sp³-hybridized carbons (Fsp3) is 0.500. The van der Waals surface area contributed by atoms with Gasteiger partial charge in [0, 0.05) is 12.6 Å². The van der Waals surface area contributed by atoms with Gasteiger partial charge in [0.2, 0.25) is 0 Å². The van der Waals surface area contributed by atoms with Crippen molar-refractivity contribution in [3.8, 4) is 5.75 Å². The highest BCUT2D eigenvalue weighted by molar-refractivity contribution is 5.83. The zero-order chi connectivity index (χ0) is 14.8. The lowest BCUT2D eigenvalue weighted by Gasteiger charge is -2.22. The van der Waals surface area contributed by atoms with Gasteiger partial charge < -0.3 is 9.64 Å². The largest absolute Gasteiger partial charge is 0.496 e. The van der Waals surface area contributed by atoms with E-state index < -0.39 is 0 Å². The number of nitrogens with zero attached hydrogens (tertiary/aromatic N) is 3. The minimum atomic E-state index is -0.0239. The van der Waals surface area contributed by atoms with E-state index in [1.54, 1.807) is 24.1 Å². The second-order valence-corrected chi connectivity index (χ2v) is 5.67. The molecule has 21 heavy (non-hydrogen) atoms. The van der Waals surface area contributed by atoms with Gasteiger partial charge in [-0.15, -0.1) is 0 Å². The topological polar surface area (TPSA) is 47.4 Å². The van der Waals surface area contributed by atoms with Crippen LogP contribution >= 0.6 is 0 Å². The van der Waals surface area contributed by atoms with Crippen LogP contribution in [-0.2, 0) is 0 Å². The molecule has 0 bridgehead atoms. The molecule has 0 radical (unpaired) electrons. The summed E-state index contributed by atoms with van der Waals surface area (Å²) in [6.07, 6.45) is 4.17. The standard InChI is InChI=1S/C16H21N3O2/c1-12(10-18-8-3-4-9-18)19-11-17-13-6-5-7-14(21-2)15(13)16(19)20/h5-7,11-12H,3-4,8-10H2,1-2H3/t12-/m0/s1. The molecular weight excluding hydrogens is 266 g/mol. The first-order chi connectivity index (χ1) is 10.2. The summed E-state index contributed by atoms with van der Waals surface area (Å²) in [4.78, 5) is 19.6. The molecule has 112 valence electrons. The molecule has 0 N–H and O–H groups in total. The Balaban J connectivity index is 1.98. The average Bonchev–Trinajstić information content (AvgIpc) is 2.99. The maximum atomic E-state index is 12.7. The number of ether oxygens (including phenoxy) is 1. The third-order valence-electron chi connectivity index (χ3n) is 4.19. The van der Waals surface area contributed by atoms with Crippen molar-refractivity contribution in [2.75, 3.05) is 26.7 Å². The molecule has 0 aliphatic carbocycles. The predicted molar refractivity (Wildman–Crippen MR) is 82.9 cm³/mol. The van der Waals surface area contributed by atoms with Crippen LogP contribution in [0.25, 0.3) is 10.9 Å². The fourth-order valence-electron chi connectivity index (χ4n) is 3.06. The number of aromatic nitrogens is 2. The molecule has 1 aromatic carbocycles. The summed E-state index contributed by atoms with van der Waals surface area (Å²) in [6, 6.07) is 5.61. The molecule has 2 heterocycles. The van der Waals surface area contributed by atoms with Gasteiger partial charge in [-0.25, -0.2) is 4.98 Å². The van der Waals surface area contributed by atoms with E-state index in [4.69, 9.17) is 4.74 Å². The summed E-state index contributed by atoms with van der Waals surface area (Å²) in [5, 5.41) is 0.566. The highest BCUT2D eigenvalue weighted by atomic mass is 16.5. The zero-order valence-electron chi connectivity index (χ0n) is 12.6. The van der Waals surface area contributed by atoms with Crippen molar-refractivity contribution in [3.63, 3.8) is 0 Å². The number of likely N-dealkylation sites (tertiary alicyclic amines) is 1. The molecule has 5 nitrogen and oxygen atoms in total. The first kappa shape index (κ1) is 14.1. The second kappa shape index (κ2) is 5.85. The van der Waals surface area contributed by atoms with Gasteiger partial charge >= 0.3 is 0 Å². The van der Waals surface area contributed by atoms with Crippen molar-refractivity contribution < 1.29 is 4.74 Å². The van der Waals surface area contributed by atoms with Crippen LogP contribution in [0.4, 0.5) is 0 Å². The molecular formula is C16H21N3O2. The number of hydrogen-bond acceptors (Lipinski definition) is 4. The van der Waals surface area contributed by atoms with E-state index in [9.17, 15) is 4.79 Å². The van der Waals surface area contributed by atoms with Crippen LogP contribution < -0.4 is 10.3 Å². The normalized spacial score (nSPS) is 17.2. The zero-order valence-corrected chi connectivity index (χ0v) is 12.6. The summed E-state index contributed by atoms with van der Waals surface area (Å²) >= 11 is 0. The van der Waals surface area contributed by atoms with Crippen LogP contribution in [0, 0.1) is 0 Å². The summed E-state index contributed by atoms with van der Waals surface area (Å²) < 4.78 is 7.04. The molecule has 1 aliphatic rings. The number of methoxy groups -OCH3 is 1. The van der Waals surface area contributed by atoms with Crippen molar-refractivity contribution >= 4 is 10.9 Å². The van der Waals surface area contributed by atoms with Gasteiger partial charge in [0.1, 0.15) is 11.1 Å². The van der Waals surface area contributed by atoms with Crippen LogP contribution in [0.15, 0.2) is 29.3 Å². The molecule has 1 aromatic heterocycles. The Labute approximate surface area is 124 Å². The molecule has 1 aliphatic heterocycles. The Hall–Kier alpha value is -1.88. The van der Waals surface area contributed by atoms with E-state index in [0.717, 1.165) is 19.6 Å². The Bertz CT molecular complexity index is 689. The van der Waals surface area contributed by atoms with E-state index in [2.05, 4.69) is 16.8 Å². The van der Waals surface area contributed by atoms with E-state index in [1.807, 2.05) is 12.1 Å². The molecule has 0 amide bonds. The minimum absolute atomic E-state index is 0.0239. The Kier molecular flexibility index (Phi) is 3.92. The predicted octanol–water partition coefficient (Wildman–Crippen LogP) is 2.06. The Morgan fingerprint density at radius 2 is 2.10 bits per heavy atom. The van der Waals surface area contributed by atoms with Crippen LogP contribution in [0.1, 0.15) is 25.8 Å². The molecule has 1 atom stereocenters. The molecule has 0 saturated carbocycles. The lowest BCUT2D eigenvalue weighted by Crippen LogP contribution is -2.32. The summed E-state index contributed by atoms with van der Waals surface area (Å²) in [6.45, 7) is 5.22. The van der Waals surface area contributed by atoms with Crippen LogP contribution in [0.2, 0.25) is 0 Å². The average molecular weight is 287 g/mol. The van der Waals surface area contributed by atoms with E-state index in [1.165, 1.54) is 12.8 Å². The molecule has 1 fully saturated rings. The second-order valence-electron chi connectivity index (χ2n) is 5.67. The highest BCUT2D eigenvalue weighted by Gasteiger charge is 2.18. The number of rotatable bonds is 4. The van der Waals surface area contributed by atoms with Gasteiger partial charge in [-0.1, -0.05) is 6.07 Å². The third-order valence-corrected chi connectivity index (χ3v) is 4.19. The van der Waals surface area contributed by atoms with Gasteiger partial charge in [-0.3, -0.25) is 9.36 Å². The third kappa shape index (κ3) is 2.65.